The number of anilines is 1. The largest absolute Gasteiger partial charge is 0.367 e. The van der Waals surface area contributed by atoms with Crippen LogP contribution in [0.2, 0.25) is 0 Å². The normalized spacial score (nSPS) is 15.2. The van der Waals surface area contributed by atoms with Crippen LogP contribution in [0.15, 0.2) is 24.5 Å². The van der Waals surface area contributed by atoms with Crippen molar-refractivity contribution in [2.24, 2.45) is 0 Å². The number of rotatable bonds is 3. The van der Waals surface area contributed by atoms with Gasteiger partial charge in [-0.15, -0.1) is 0 Å². The number of nitrogens with one attached hydrogen (secondary N) is 1. The van der Waals surface area contributed by atoms with Gasteiger partial charge in [-0.05, 0) is 36.5 Å². The number of benzene rings is 1. The molecule has 4 nitrogen and oxygen atoms in total. The maximum atomic E-state index is 11.3. The van der Waals surface area contributed by atoms with Gasteiger partial charge in [-0.3, -0.25) is 4.79 Å². The summed E-state index contributed by atoms with van der Waals surface area (Å²) in [5.74, 6) is 1.75. The summed E-state index contributed by atoms with van der Waals surface area (Å²) in [6.45, 7) is 4.37. The first kappa shape index (κ1) is 19.1. The Balaban J connectivity index is 0.00000132. The van der Waals surface area contributed by atoms with Crippen LogP contribution in [0.3, 0.4) is 0 Å². The second-order valence-electron chi connectivity index (χ2n) is 6.11. The predicted molar refractivity (Wildman–Crippen MR) is 98.0 cm³/mol. The van der Waals surface area contributed by atoms with Gasteiger partial charge < -0.3 is 5.32 Å². The molecule has 0 unspecified atom stereocenters. The number of aromatic nitrogens is 2. The molecule has 0 radical (unpaired) electrons. The quantitative estimate of drug-likeness (QED) is 0.870. The maximum absolute atomic E-state index is 11.3. The molecule has 1 aliphatic carbocycles. The van der Waals surface area contributed by atoms with Crippen LogP contribution in [-0.2, 0) is 4.79 Å². The van der Waals surface area contributed by atoms with Crippen LogP contribution < -0.4 is 5.32 Å². The first-order valence-corrected chi connectivity index (χ1v) is 7.66. The number of fused-ring (bicyclic) bond motifs is 1. The van der Waals surface area contributed by atoms with Gasteiger partial charge in [0.05, 0.1) is 5.52 Å². The third-order valence-corrected chi connectivity index (χ3v) is 4.21. The van der Waals surface area contributed by atoms with Gasteiger partial charge in [0.2, 0.25) is 0 Å². The lowest BCUT2D eigenvalue weighted by molar-refractivity contribution is -0.120. The average molecular weight is 315 g/mol. The molecule has 1 aromatic heterocycles. The van der Waals surface area contributed by atoms with E-state index >= 15 is 0 Å². The Morgan fingerprint density at radius 3 is 2.48 bits per heavy atom. The highest BCUT2D eigenvalue weighted by Crippen LogP contribution is 2.26. The fourth-order valence-electron chi connectivity index (χ4n) is 2.83. The van der Waals surface area contributed by atoms with Crippen molar-refractivity contribution in [3.63, 3.8) is 0 Å². The minimum Gasteiger partial charge on any atom is -0.367 e. The van der Waals surface area contributed by atoms with Gasteiger partial charge in [-0.1, -0.05) is 34.8 Å². The zero-order valence-corrected chi connectivity index (χ0v) is 12.6. The van der Waals surface area contributed by atoms with Crippen LogP contribution in [0.4, 0.5) is 5.82 Å². The average Bonchev–Trinajstić information content (AvgIpc) is 2.49. The molecule has 2 aromatic rings. The number of ketones is 1. The van der Waals surface area contributed by atoms with E-state index in [1.807, 2.05) is 0 Å². The Hall–Kier alpha value is -1.97. The lowest BCUT2D eigenvalue weighted by atomic mass is 9.94. The number of hydrogen-bond acceptors (Lipinski definition) is 4. The summed E-state index contributed by atoms with van der Waals surface area (Å²) in [6.07, 6.45) is 4.76. The van der Waals surface area contributed by atoms with Crippen molar-refractivity contribution >= 4 is 22.5 Å². The number of carbonyl (C=O) groups excluding carboxylic acids is 1. The minimum absolute atomic E-state index is 0. The molecule has 126 valence electrons. The molecule has 1 fully saturated rings. The van der Waals surface area contributed by atoms with Gasteiger partial charge in [-0.25, -0.2) is 9.97 Å². The summed E-state index contributed by atoms with van der Waals surface area (Å²) >= 11 is 0. The number of hydrogen-bond donors (Lipinski definition) is 1. The summed E-state index contributed by atoms with van der Waals surface area (Å²) in [5.41, 5.74) is 2.25. The fraction of sp³-hybridized carbons (Fsp3) is 0.526. The number of Topliss-reactive ketones (excluding diaryl/α,β-unsaturated/α-hetero) is 1. The van der Waals surface area contributed by atoms with E-state index in [0.29, 0.717) is 30.6 Å². The first-order valence-electron chi connectivity index (χ1n) is 7.66. The SMILES string of the molecule is C.C.CC(C)c1ccc2ncnc(NC3CCC(=O)CC3)c2c1. The van der Waals surface area contributed by atoms with Crippen molar-refractivity contribution in [3.05, 3.63) is 30.1 Å². The molecule has 0 saturated heterocycles. The van der Waals surface area contributed by atoms with Gasteiger partial charge in [-0.2, -0.15) is 0 Å². The van der Waals surface area contributed by atoms with Gasteiger partial charge in [0.25, 0.3) is 0 Å². The topological polar surface area (TPSA) is 54.9 Å². The van der Waals surface area contributed by atoms with Crippen LogP contribution in [0, 0.1) is 0 Å². The Labute approximate surface area is 139 Å². The number of carbonyl (C=O) groups is 1. The van der Waals surface area contributed by atoms with Crippen molar-refractivity contribution in [2.75, 3.05) is 5.32 Å². The molecule has 0 aliphatic heterocycles. The van der Waals surface area contributed by atoms with E-state index in [2.05, 4.69) is 47.3 Å². The summed E-state index contributed by atoms with van der Waals surface area (Å²) in [6, 6.07) is 6.70. The summed E-state index contributed by atoms with van der Waals surface area (Å²) in [7, 11) is 0. The van der Waals surface area contributed by atoms with Gasteiger partial charge in [0.15, 0.2) is 0 Å². The monoisotopic (exact) mass is 315 g/mol. The molecule has 4 heteroatoms. The van der Waals surface area contributed by atoms with Crippen molar-refractivity contribution < 1.29 is 4.79 Å². The Morgan fingerprint density at radius 1 is 1.13 bits per heavy atom. The van der Waals surface area contributed by atoms with Crippen LogP contribution in [0.25, 0.3) is 10.9 Å². The third kappa shape index (κ3) is 4.27. The molecule has 23 heavy (non-hydrogen) atoms. The van der Waals surface area contributed by atoms with Gasteiger partial charge >= 0.3 is 0 Å². The minimum atomic E-state index is 0. The van der Waals surface area contributed by atoms with E-state index in [1.165, 1.54) is 5.56 Å². The first-order chi connectivity index (χ1) is 10.1. The van der Waals surface area contributed by atoms with E-state index in [-0.39, 0.29) is 14.9 Å². The van der Waals surface area contributed by atoms with Crippen molar-refractivity contribution in [2.45, 2.75) is 66.3 Å². The van der Waals surface area contributed by atoms with Gasteiger partial charge in [0, 0.05) is 24.3 Å². The number of nitrogens with zero attached hydrogens (tertiary/aromatic N) is 2. The van der Waals surface area contributed by atoms with E-state index in [9.17, 15) is 4.79 Å². The highest BCUT2D eigenvalue weighted by atomic mass is 16.1. The molecular formula is C19H29N3O. The molecule has 1 saturated carbocycles. The molecule has 0 amide bonds. The summed E-state index contributed by atoms with van der Waals surface area (Å²) in [5, 5.41) is 4.58. The zero-order chi connectivity index (χ0) is 14.8. The molecule has 0 atom stereocenters. The third-order valence-electron chi connectivity index (χ3n) is 4.21. The predicted octanol–water partition coefficient (Wildman–Crippen LogP) is 4.95. The van der Waals surface area contributed by atoms with E-state index in [4.69, 9.17) is 0 Å². The van der Waals surface area contributed by atoms with Crippen molar-refractivity contribution in [1.82, 2.24) is 9.97 Å². The molecule has 1 aliphatic rings. The fourth-order valence-corrected chi connectivity index (χ4v) is 2.83. The Morgan fingerprint density at radius 2 is 1.83 bits per heavy atom. The molecule has 3 rings (SSSR count). The highest BCUT2D eigenvalue weighted by Gasteiger charge is 2.19. The Kier molecular flexibility index (Phi) is 6.67. The van der Waals surface area contributed by atoms with Crippen LogP contribution >= 0.6 is 0 Å². The van der Waals surface area contributed by atoms with Crippen LogP contribution in [0.1, 0.15) is 65.9 Å². The highest BCUT2D eigenvalue weighted by molar-refractivity contribution is 5.89. The summed E-state index contributed by atoms with van der Waals surface area (Å²) < 4.78 is 0. The molecule has 1 N–H and O–H groups in total. The second-order valence-corrected chi connectivity index (χ2v) is 6.11. The summed E-state index contributed by atoms with van der Waals surface area (Å²) in [4.78, 5) is 20.1. The maximum Gasteiger partial charge on any atom is 0.137 e. The van der Waals surface area contributed by atoms with E-state index in [0.717, 1.165) is 29.6 Å². The zero-order valence-electron chi connectivity index (χ0n) is 12.6. The molecule has 1 heterocycles. The van der Waals surface area contributed by atoms with Crippen molar-refractivity contribution in [3.8, 4) is 0 Å². The molecule has 1 aromatic carbocycles. The van der Waals surface area contributed by atoms with Crippen LogP contribution in [0.5, 0.6) is 0 Å². The van der Waals surface area contributed by atoms with E-state index in [1.54, 1.807) is 6.33 Å². The molecule has 0 bridgehead atoms. The van der Waals surface area contributed by atoms with Crippen molar-refractivity contribution in [1.29, 1.82) is 0 Å². The Bertz CT molecular complexity index is 657. The van der Waals surface area contributed by atoms with Gasteiger partial charge in [0.1, 0.15) is 17.9 Å². The van der Waals surface area contributed by atoms with Crippen LogP contribution in [-0.4, -0.2) is 21.8 Å². The lowest BCUT2D eigenvalue weighted by Crippen LogP contribution is -2.26. The standard InChI is InChI=1S/C17H21N3O.2CH4/c1-11(2)12-3-8-16-15(9-12)17(19-10-18-16)20-13-4-6-14(21)7-5-13;;/h3,8-11,13H,4-7H2,1-2H3,(H,18,19,20);2*1H4. The smallest absolute Gasteiger partial charge is 0.137 e. The molecule has 0 spiro atoms. The molecular weight excluding hydrogens is 286 g/mol. The lowest BCUT2D eigenvalue weighted by Gasteiger charge is -2.23. The van der Waals surface area contributed by atoms with E-state index < -0.39 is 0 Å². The second kappa shape index (κ2) is 8.04.